The van der Waals surface area contributed by atoms with Gasteiger partial charge in [-0.25, -0.2) is 12.9 Å². The Kier molecular flexibility index (Phi) is 4.02. The van der Waals surface area contributed by atoms with Crippen LogP contribution in [0.5, 0.6) is 0 Å². The van der Waals surface area contributed by atoms with E-state index in [2.05, 4.69) is 11.2 Å². The van der Waals surface area contributed by atoms with Gasteiger partial charge in [-0.3, -0.25) is 0 Å². The Bertz CT molecular complexity index is 1280. The van der Waals surface area contributed by atoms with Crippen molar-refractivity contribution >= 4 is 15.4 Å². The molecule has 0 saturated heterocycles. The van der Waals surface area contributed by atoms with E-state index in [1.54, 1.807) is 41.0 Å². The van der Waals surface area contributed by atoms with Crippen molar-refractivity contribution < 1.29 is 8.42 Å². The maximum absolute atomic E-state index is 11.8. The van der Waals surface area contributed by atoms with E-state index in [-0.39, 0.29) is 4.90 Å². The molecule has 4 rings (SSSR count). The van der Waals surface area contributed by atoms with Gasteiger partial charge in [0, 0.05) is 23.6 Å². The second-order valence-corrected chi connectivity index (χ2v) is 8.26. The molecule has 27 heavy (non-hydrogen) atoms. The molecular formula is C21H15N3O2S. The summed E-state index contributed by atoms with van der Waals surface area (Å²) in [4.78, 5) is 0.274. The lowest BCUT2D eigenvalue weighted by Crippen LogP contribution is -1.96. The summed E-state index contributed by atoms with van der Waals surface area (Å²) in [6.07, 6.45) is 2.88. The number of nitriles is 1. The normalized spacial score (nSPS) is 11.4. The fraction of sp³-hybridized carbons (Fsp3) is 0.0476. The van der Waals surface area contributed by atoms with Crippen molar-refractivity contribution in [1.29, 1.82) is 5.26 Å². The zero-order valence-electron chi connectivity index (χ0n) is 14.5. The van der Waals surface area contributed by atoms with Crippen LogP contribution in [0.4, 0.5) is 0 Å². The number of benzene rings is 2. The van der Waals surface area contributed by atoms with Crippen molar-refractivity contribution in [3.63, 3.8) is 0 Å². The average Bonchev–Trinajstić information content (AvgIpc) is 3.06. The third-order valence-corrected chi connectivity index (χ3v) is 5.51. The molecule has 0 aliphatic heterocycles. The zero-order valence-corrected chi connectivity index (χ0v) is 15.3. The van der Waals surface area contributed by atoms with E-state index < -0.39 is 9.84 Å². The molecule has 2 aromatic carbocycles. The van der Waals surface area contributed by atoms with Crippen LogP contribution < -0.4 is 0 Å². The topological polar surface area (TPSA) is 75.2 Å². The molecule has 0 spiro atoms. The summed E-state index contributed by atoms with van der Waals surface area (Å²) in [5, 5.41) is 13.9. The van der Waals surface area contributed by atoms with Gasteiger partial charge in [-0.05, 0) is 29.8 Å². The Labute approximate surface area is 157 Å². The molecule has 0 unspecified atom stereocenters. The zero-order chi connectivity index (χ0) is 19.0. The first kappa shape index (κ1) is 17.0. The van der Waals surface area contributed by atoms with Gasteiger partial charge in [0.25, 0.3) is 0 Å². The summed E-state index contributed by atoms with van der Waals surface area (Å²) in [6.45, 7) is 0. The minimum absolute atomic E-state index is 0.274. The van der Waals surface area contributed by atoms with Crippen LogP contribution in [-0.4, -0.2) is 24.3 Å². The summed E-state index contributed by atoms with van der Waals surface area (Å²) < 4.78 is 25.2. The van der Waals surface area contributed by atoms with Crippen molar-refractivity contribution in [2.24, 2.45) is 0 Å². The Morgan fingerprint density at radius 2 is 1.63 bits per heavy atom. The summed E-state index contributed by atoms with van der Waals surface area (Å²) in [6, 6.07) is 22.3. The predicted molar refractivity (Wildman–Crippen MR) is 104 cm³/mol. The van der Waals surface area contributed by atoms with E-state index in [1.165, 1.54) is 6.26 Å². The minimum Gasteiger partial charge on any atom is -0.238 e. The summed E-state index contributed by atoms with van der Waals surface area (Å²) in [5.41, 5.74) is 4.84. The van der Waals surface area contributed by atoms with E-state index in [4.69, 9.17) is 5.26 Å². The first-order valence-corrected chi connectivity index (χ1v) is 10.1. The van der Waals surface area contributed by atoms with E-state index in [0.29, 0.717) is 5.56 Å². The molecule has 4 aromatic rings. The number of fused-ring (bicyclic) bond motifs is 1. The lowest BCUT2D eigenvalue weighted by atomic mass is 10.00. The Balaban J connectivity index is 1.99. The monoisotopic (exact) mass is 373 g/mol. The highest BCUT2D eigenvalue weighted by Crippen LogP contribution is 2.35. The lowest BCUT2D eigenvalue weighted by Gasteiger charge is -2.05. The largest absolute Gasteiger partial charge is 0.238 e. The third-order valence-electron chi connectivity index (χ3n) is 4.38. The Morgan fingerprint density at radius 1 is 0.926 bits per heavy atom. The molecule has 0 bridgehead atoms. The molecule has 2 aromatic heterocycles. The van der Waals surface area contributed by atoms with Crippen LogP contribution in [0, 0.1) is 11.3 Å². The molecule has 0 amide bonds. The molecule has 6 heteroatoms. The van der Waals surface area contributed by atoms with Crippen molar-refractivity contribution in [2.75, 3.05) is 6.26 Å². The molecule has 0 atom stereocenters. The van der Waals surface area contributed by atoms with E-state index in [1.807, 2.05) is 36.4 Å². The predicted octanol–water partition coefficient (Wildman–Crippen LogP) is 3.94. The Morgan fingerprint density at radius 3 is 2.26 bits per heavy atom. The van der Waals surface area contributed by atoms with Gasteiger partial charge >= 0.3 is 0 Å². The maximum Gasteiger partial charge on any atom is 0.175 e. The first-order chi connectivity index (χ1) is 13.0. The number of hydrogen-bond acceptors (Lipinski definition) is 4. The van der Waals surface area contributed by atoms with Gasteiger partial charge in [0.15, 0.2) is 9.84 Å². The summed E-state index contributed by atoms with van der Waals surface area (Å²) >= 11 is 0. The van der Waals surface area contributed by atoms with Crippen LogP contribution in [0.1, 0.15) is 5.56 Å². The van der Waals surface area contributed by atoms with E-state index >= 15 is 0 Å². The average molecular weight is 373 g/mol. The summed E-state index contributed by atoms with van der Waals surface area (Å²) in [5.74, 6) is 0. The molecule has 0 saturated carbocycles. The molecule has 132 valence electrons. The van der Waals surface area contributed by atoms with Gasteiger partial charge in [-0.15, -0.1) is 0 Å². The van der Waals surface area contributed by atoms with E-state index in [0.717, 1.165) is 27.9 Å². The molecule has 0 aliphatic rings. The minimum atomic E-state index is -3.26. The van der Waals surface area contributed by atoms with Crippen LogP contribution in [0.3, 0.4) is 0 Å². The van der Waals surface area contributed by atoms with Crippen molar-refractivity contribution in [1.82, 2.24) is 9.61 Å². The standard InChI is InChI=1S/C21H15N3O2S/c1-27(25,26)18-10-8-16(9-11-18)20-19-12-7-15(13-22)14-24(19)23-21(20)17-5-3-2-4-6-17/h2-12,14H,1H3. The quantitative estimate of drug-likeness (QED) is 0.545. The van der Waals surface area contributed by atoms with Gasteiger partial charge in [0.2, 0.25) is 0 Å². The number of aromatic nitrogens is 2. The fourth-order valence-electron chi connectivity index (χ4n) is 3.07. The van der Waals surface area contributed by atoms with Gasteiger partial charge in [-0.2, -0.15) is 10.4 Å². The summed E-state index contributed by atoms with van der Waals surface area (Å²) in [7, 11) is -3.26. The van der Waals surface area contributed by atoms with Crippen LogP contribution in [0.15, 0.2) is 77.8 Å². The van der Waals surface area contributed by atoms with Crippen molar-refractivity contribution in [3.8, 4) is 28.5 Å². The van der Waals surface area contributed by atoms with E-state index in [9.17, 15) is 8.42 Å². The van der Waals surface area contributed by atoms with Crippen LogP contribution in [0.2, 0.25) is 0 Å². The smallest absolute Gasteiger partial charge is 0.175 e. The second-order valence-electron chi connectivity index (χ2n) is 6.25. The van der Waals surface area contributed by atoms with Gasteiger partial charge in [0.1, 0.15) is 11.8 Å². The highest BCUT2D eigenvalue weighted by molar-refractivity contribution is 7.90. The van der Waals surface area contributed by atoms with Crippen LogP contribution >= 0.6 is 0 Å². The van der Waals surface area contributed by atoms with Crippen LogP contribution in [-0.2, 0) is 9.84 Å². The van der Waals surface area contributed by atoms with Gasteiger partial charge < -0.3 is 0 Å². The van der Waals surface area contributed by atoms with Crippen molar-refractivity contribution in [3.05, 3.63) is 78.5 Å². The third kappa shape index (κ3) is 3.09. The number of hydrogen-bond donors (Lipinski definition) is 0. The highest BCUT2D eigenvalue weighted by atomic mass is 32.2. The molecule has 2 heterocycles. The van der Waals surface area contributed by atoms with Gasteiger partial charge in [0.05, 0.1) is 16.0 Å². The second kappa shape index (κ2) is 6.38. The number of sulfone groups is 1. The molecule has 5 nitrogen and oxygen atoms in total. The number of nitrogens with zero attached hydrogens (tertiary/aromatic N) is 3. The maximum atomic E-state index is 11.8. The first-order valence-electron chi connectivity index (χ1n) is 8.26. The molecule has 0 aliphatic carbocycles. The fourth-order valence-corrected chi connectivity index (χ4v) is 3.70. The molecule has 0 fully saturated rings. The number of rotatable bonds is 3. The van der Waals surface area contributed by atoms with Crippen LogP contribution in [0.25, 0.3) is 27.9 Å². The molecule has 0 radical (unpaired) electrons. The highest BCUT2D eigenvalue weighted by Gasteiger charge is 2.17. The molecular weight excluding hydrogens is 358 g/mol. The van der Waals surface area contributed by atoms with Gasteiger partial charge in [-0.1, -0.05) is 42.5 Å². The lowest BCUT2D eigenvalue weighted by molar-refractivity contribution is 0.602. The van der Waals surface area contributed by atoms with Crippen molar-refractivity contribution in [2.45, 2.75) is 4.90 Å². The Hall–Kier alpha value is -3.43. The number of pyridine rings is 1. The molecule has 0 N–H and O–H groups in total. The SMILES string of the molecule is CS(=O)(=O)c1ccc(-c2c(-c3ccccc3)nn3cc(C#N)ccc23)cc1.